The summed E-state index contributed by atoms with van der Waals surface area (Å²) in [4.78, 5) is 2.39. The molecule has 2 aromatic rings. The van der Waals surface area contributed by atoms with Gasteiger partial charge in [-0.25, -0.2) is 0 Å². The Morgan fingerprint density at radius 3 is 2.15 bits per heavy atom. The van der Waals surface area contributed by atoms with Crippen LogP contribution in [0.1, 0.15) is 43.9 Å². The number of rotatable bonds is 11. The quantitative estimate of drug-likeness (QED) is 0.569. The molecule has 0 radical (unpaired) electrons. The molecule has 0 spiro atoms. The molecule has 148 valence electrons. The highest BCUT2D eigenvalue weighted by Gasteiger charge is 2.10. The number of aromatic hydroxyl groups is 2. The van der Waals surface area contributed by atoms with Crippen molar-refractivity contribution < 1.29 is 14.9 Å². The van der Waals surface area contributed by atoms with Gasteiger partial charge in [-0.1, -0.05) is 45.0 Å². The van der Waals surface area contributed by atoms with E-state index in [-0.39, 0.29) is 11.5 Å². The largest absolute Gasteiger partial charge is 0.504 e. The predicted molar refractivity (Wildman–Crippen MR) is 111 cm³/mol. The molecule has 0 saturated carbocycles. The molecule has 0 aromatic heterocycles. The Hall–Kier alpha value is -2.20. The average molecular weight is 372 g/mol. The lowest BCUT2D eigenvalue weighted by atomic mass is 10.1. The summed E-state index contributed by atoms with van der Waals surface area (Å²) in [5.41, 5.74) is 3.57. The third kappa shape index (κ3) is 6.17. The van der Waals surface area contributed by atoms with Crippen LogP contribution in [0.2, 0.25) is 0 Å². The number of nitrogens with zero attached hydrogens (tertiary/aromatic N) is 1. The summed E-state index contributed by atoms with van der Waals surface area (Å²) < 4.78 is 6.20. The van der Waals surface area contributed by atoms with Crippen molar-refractivity contribution in [3.8, 4) is 17.2 Å². The molecule has 0 bridgehead atoms. The van der Waals surface area contributed by atoms with E-state index >= 15 is 0 Å². The van der Waals surface area contributed by atoms with Crippen LogP contribution in [-0.2, 0) is 19.3 Å². The van der Waals surface area contributed by atoms with E-state index in [1.54, 1.807) is 12.1 Å². The number of para-hydroxylation sites is 1. The first kappa shape index (κ1) is 21.1. The summed E-state index contributed by atoms with van der Waals surface area (Å²) >= 11 is 0. The Balaban J connectivity index is 1.92. The van der Waals surface area contributed by atoms with Gasteiger partial charge in [0.15, 0.2) is 11.5 Å². The molecule has 0 aliphatic rings. The van der Waals surface area contributed by atoms with Gasteiger partial charge in [0.2, 0.25) is 0 Å². The van der Waals surface area contributed by atoms with E-state index in [4.69, 9.17) is 4.74 Å². The number of ether oxygens (including phenoxy) is 1. The van der Waals surface area contributed by atoms with E-state index in [1.165, 1.54) is 11.1 Å². The molecule has 0 heterocycles. The highest BCUT2D eigenvalue weighted by Crippen LogP contribution is 2.26. The Bertz CT molecular complexity index is 693. The van der Waals surface area contributed by atoms with Crippen LogP contribution in [0.15, 0.2) is 36.4 Å². The molecule has 27 heavy (non-hydrogen) atoms. The molecule has 0 aliphatic carbocycles. The third-order valence-electron chi connectivity index (χ3n) is 4.89. The molecular formula is C23H33NO3. The van der Waals surface area contributed by atoms with Crippen molar-refractivity contribution in [2.75, 3.05) is 26.2 Å². The summed E-state index contributed by atoms with van der Waals surface area (Å²) in [6.45, 7) is 9.98. The summed E-state index contributed by atoms with van der Waals surface area (Å²) in [6.07, 6.45) is 3.88. The van der Waals surface area contributed by atoms with Gasteiger partial charge in [0, 0.05) is 13.1 Å². The van der Waals surface area contributed by atoms with E-state index in [0.29, 0.717) is 6.61 Å². The van der Waals surface area contributed by atoms with Crippen LogP contribution >= 0.6 is 0 Å². The monoisotopic (exact) mass is 371 g/mol. The summed E-state index contributed by atoms with van der Waals surface area (Å²) in [5, 5.41) is 19.1. The lowest BCUT2D eigenvalue weighted by Gasteiger charge is -2.23. The molecule has 0 atom stereocenters. The van der Waals surface area contributed by atoms with E-state index in [0.717, 1.165) is 56.6 Å². The fraction of sp³-hybridized carbons (Fsp3) is 0.478. The summed E-state index contributed by atoms with van der Waals surface area (Å²) in [6, 6.07) is 11.5. The first-order valence-electron chi connectivity index (χ1n) is 10.1. The lowest BCUT2D eigenvalue weighted by Crippen LogP contribution is -2.31. The lowest BCUT2D eigenvalue weighted by molar-refractivity contribution is 0.208. The van der Waals surface area contributed by atoms with Crippen molar-refractivity contribution >= 4 is 0 Å². The molecule has 4 heteroatoms. The third-order valence-corrected chi connectivity index (χ3v) is 4.89. The van der Waals surface area contributed by atoms with Gasteiger partial charge in [0.05, 0.1) is 0 Å². The molecule has 0 unspecified atom stereocenters. The van der Waals surface area contributed by atoms with Crippen molar-refractivity contribution in [2.24, 2.45) is 0 Å². The molecule has 0 aliphatic heterocycles. The second-order valence-electron chi connectivity index (χ2n) is 6.88. The van der Waals surface area contributed by atoms with Crippen LogP contribution in [0.25, 0.3) is 0 Å². The smallest absolute Gasteiger partial charge is 0.157 e. The minimum atomic E-state index is -0.0705. The Labute approximate surface area is 163 Å². The number of benzene rings is 2. The SMILES string of the molecule is CCCN(CCOc1c(CC)cccc1CC)CCc1ccc(O)c(O)c1. The van der Waals surface area contributed by atoms with Gasteiger partial charge in [-0.3, -0.25) is 4.90 Å². The van der Waals surface area contributed by atoms with E-state index in [9.17, 15) is 10.2 Å². The van der Waals surface area contributed by atoms with Gasteiger partial charge in [0.1, 0.15) is 12.4 Å². The molecular weight excluding hydrogens is 338 g/mol. The summed E-state index contributed by atoms with van der Waals surface area (Å²) in [5.74, 6) is 0.933. The number of phenolic OH excluding ortho intramolecular Hbond substituents is 2. The van der Waals surface area contributed by atoms with Gasteiger partial charge in [0.25, 0.3) is 0 Å². The van der Waals surface area contributed by atoms with Crippen LogP contribution in [0, 0.1) is 0 Å². The molecule has 4 nitrogen and oxygen atoms in total. The standard InChI is InChI=1S/C23H33NO3/c1-4-13-24(14-12-18-10-11-21(25)22(26)17-18)15-16-27-23-19(5-2)8-7-9-20(23)6-3/h7-11,17,25-26H,4-6,12-16H2,1-3H3. The maximum Gasteiger partial charge on any atom is 0.157 e. The number of aryl methyl sites for hydroxylation is 2. The first-order valence-corrected chi connectivity index (χ1v) is 10.1. The maximum absolute atomic E-state index is 9.65. The average Bonchev–Trinajstić information content (AvgIpc) is 2.68. The second-order valence-corrected chi connectivity index (χ2v) is 6.88. The first-order chi connectivity index (χ1) is 13.1. The van der Waals surface area contributed by atoms with Crippen molar-refractivity contribution in [3.63, 3.8) is 0 Å². The van der Waals surface area contributed by atoms with Crippen LogP contribution in [0.5, 0.6) is 17.2 Å². The van der Waals surface area contributed by atoms with Gasteiger partial charge in [-0.05, 0) is 61.1 Å². The highest BCUT2D eigenvalue weighted by molar-refractivity contribution is 5.42. The van der Waals surface area contributed by atoms with E-state index in [2.05, 4.69) is 43.9 Å². The number of phenols is 2. The zero-order valence-electron chi connectivity index (χ0n) is 16.9. The fourth-order valence-corrected chi connectivity index (χ4v) is 3.32. The van der Waals surface area contributed by atoms with Crippen molar-refractivity contribution in [3.05, 3.63) is 53.1 Å². The van der Waals surface area contributed by atoms with Gasteiger partial charge in [-0.15, -0.1) is 0 Å². The highest BCUT2D eigenvalue weighted by atomic mass is 16.5. The minimum absolute atomic E-state index is 0.0545. The number of hydrogen-bond donors (Lipinski definition) is 2. The van der Waals surface area contributed by atoms with Crippen LogP contribution < -0.4 is 4.74 Å². The Morgan fingerprint density at radius 2 is 1.56 bits per heavy atom. The summed E-state index contributed by atoms with van der Waals surface area (Å²) in [7, 11) is 0. The molecule has 2 rings (SSSR count). The second kappa shape index (κ2) is 10.8. The molecule has 2 aromatic carbocycles. The van der Waals surface area contributed by atoms with Gasteiger partial charge < -0.3 is 14.9 Å². The maximum atomic E-state index is 9.65. The Kier molecular flexibility index (Phi) is 8.46. The van der Waals surface area contributed by atoms with Crippen molar-refractivity contribution in [1.29, 1.82) is 0 Å². The predicted octanol–water partition coefficient (Wildman–Crippen LogP) is 4.56. The van der Waals surface area contributed by atoms with Crippen molar-refractivity contribution in [1.82, 2.24) is 4.90 Å². The van der Waals surface area contributed by atoms with Crippen LogP contribution in [0.3, 0.4) is 0 Å². The van der Waals surface area contributed by atoms with Crippen LogP contribution in [-0.4, -0.2) is 41.4 Å². The molecule has 2 N–H and O–H groups in total. The fourth-order valence-electron chi connectivity index (χ4n) is 3.32. The Morgan fingerprint density at radius 1 is 0.852 bits per heavy atom. The molecule has 0 amide bonds. The topological polar surface area (TPSA) is 52.9 Å². The van der Waals surface area contributed by atoms with Gasteiger partial charge in [-0.2, -0.15) is 0 Å². The molecule has 0 saturated heterocycles. The van der Waals surface area contributed by atoms with E-state index in [1.807, 2.05) is 6.07 Å². The van der Waals surface area contributed by atoms with Gasteiger partial charge >= 0.3 is 0 Å². The molecule has 0 fully saturated rings. The number of hydrogen-bond acceptors (Lipinski definition) is 4. The van der Waals surface area contributed by atoms with Crippen LogP contribution in [0.4, 0.5) is 0 Å². The zero-order chi connectivity index (χ0) is 19.6. The van der Waals surface area contributed by atoms with E-state index < -0.39 is 0 Å². The normalized spacial score (nSPS) is 11.1. The zero-order valence-corrected chi connectivity index (χ0v) is 16.9. The van der Waals surface area contributed by atoms with Crippen molar-refractivity contribution in [2.45, 2.75) is 46.5 Å². The minimum Gasteiger partial charge on any atom is -0.504 e.